The van der Waals surface area contributed by atoms with Crippen molar-refractivity contribution in [1.29, 1.82) is 0 Å². The van der Waals surface area contributed by atoms with Crippen LogP contribution in [0.1, 0.15) is 24.7 Å². The van der Waals surface area contributed by atoms with E-state index in [9.17, 15) is 13.2 Å². The third kappa shape index (κ3) is 4.17. The normalized spacial score (nSPS) is 11.5. The van der Waals surface area contributed by atoms with Gasteiger partial charge in [-0.05, 0) is 34.5 Å². The van der Waals surface area contributed by atoms with E-state index in [1.807, 2.05) is 6.92 Å². The van der Waals surface area contributed by atoms with Gasteiger partial charge >= 0.3 is 6.18 Å². The fraction of sp³-hybridized carbons (Fsp3) is 0.286. The topological polar surface area (TPSA) is 35.0 Å². The van der Waals surface area contributed by atoms with E-state index in [2.05, 4.69) is 25.9 Å². The van der Waals surface area contributed by atoms with E-state index in [1.54, 1.807) is 0 Å². The lowest BCUT2D eigenvalue weighted by Crippen LogP contribution is -2.07. The second-order valence-electron chi connectivity index (χ2n) is 4.29. The molecular formula is C14H12BrF3N2O. The van der Waals surface area contributed by atoms with Crippen molar-refractivity contribution in [3.05, 3.63) is 46.3 Å². The predicted octanol–water partition coefficient (Wildman–Crippen LogP) is 5.00. The number of hydrogen-bond donors (Lipinski definition) is 0. The van der Waals surface area contributed by atoms with Crippen LogP contribution in [0.2, 0.25) is 0 Å². The molecule has 1 aromatic carbocycles. The summed E-state index contributed by atoms with van der Waals surface area (Å²) in [6, 6.07) is 6.46. The van der Waals surface area contributed by atoms with Crippen LogP contribution in [-0.2, 0) is 12.6 Å². The molecule has 2 rings (SSSR count). The Morgan fingerprint density at radius 3 is 2.57 bits per heavy atom. The van der Waals surface area contributed by atoms with Crippen LogP contribution in [0.15, 0.2) is 34.9 Å². The highest BCUT2D eigenvalue weighted by Crippen LogP contribution is 2.37. The lowest BCUT2D eigenvalue weighted by Gasteiger charge is -2.13. The summed E-state index contributed by atoms with van der Waals surface area (Å²) in [5.74, 6) is 0.321. The van der Waals surface area contributed by atoms with Gasteiger partial charge < -0.3 is 4.74 Å². The Balaban J connectivity index is 2.35. The molecule has 3 nitrogen and oxygen atoms in total. The number of aryl methyl sites for hydroxylation is 1. The summed E-state index contributed by atoms with van der Waals surface area (Å²) < 4.78 is 44.5. The molecule has 0 fully saturated rings. The van der Waals surface area contributed by atoms with Gasteiger partial charge in [0.2, 0.25) is 5.88 Å². The van der Waals surface area contributed by atoms with Gasteiger partial charge in [-0.1, -0.05) is 19.1 Å². The largest absolute Gasteiger partial charge is 0.438 e. The first-order valence-corrected chi connectivity index (χ1v) is 7.07. The highest BCUT2D eigenvalue weighted by atomic mass is 79.9. The molecule has 1 aromatic heterocycles. The van der Waals surface area contributed by atoms with Crippen LogP contribution < -0.4 is 4.74 Å². The fourth-order valence-corrected chi connectivity index (χ4v) is 2.13. The van der Waals surface area contributed by atoms with Crippen molar-refractivity contribution in [3.63, 3.8) is 0 Å². The Kier molecular flexibility index (Phi) is 4.82. The van der Waals surface area contributed by atoms with Crippen molar-refractivity contribution in [2.24, 2.45) is 0 Å². The number of aromatic nitrogens is 2. The minimum absolute atomic E-state index is 0.0806. The van der Waals surface area contributed by atoms with Crippen LogP contribution in [0, 0.1) is 0 Å². The second kappa shape index (κ2) is 6.43. The molecule has 0 N–H and O–H groups in total. The maximum atomic E-state index is 12.9. The third-order valence-corrected chi connectivity index (χ3v) is 3.00. The van der Waals surface area contributed by atoms with Gasteiger partial charge in [0.15, 0.2) is 0 Å². The highest BCUT2D eigenvalue weighted by Gasteiger charge is 2.34. The summed E-state index contributed by atoms with van der Waals surface area (Å²) in [7, 11) is 0. The first kappa shape index (κ1) is 15.8. The molecule has 0 bridgehead atoms. The average Bonchev–Trinajstić information content (AvgIpc) is 2.37. The maximum absolute atomic E-state index is 12.9. The van der Waals surface area contributed by atoms with Crippen molar-refractivity contribution < 1.29 is 17.9 Å². The highest BCUT2D eigenvalue weighted by molar-refractivity contribution is 9.10. The predicted molar refractivity (Wildman–Crippen MR) is 75.2 cm³/mol. The first-order valence-electron chi connectivity index (χ1n) is 6.27. The van der Waals surface area contributed by atoms with Crippen molar-refractivity contribution >= 4 is 15.9 Å². The number of para-hydroxylation sites is 1. The van der Waals surface area contributed by atoms with Gasteiger partial charge in [0.1, 0.15) is 16.2 Å². The van der Waals surface area contributed by atoms with Crippen LogP contribution >= 0.6 is 15.9 Å². The number of rotatable bonds is 4. The molecule has 2 aromatic rings. The number of benzene rings is 1. The molecule has 0 aliphatic carbocycles. The molecule has 112 valence electrons. The summed E-state index contributed by atoms with van der Waals surface area (Å²) in [5, 5.41) is 0. The zero-order valence-electron chi connectivity index (χ0n) is 11.1. The monoisotopic (exact) mass is 360 g/mol. The minimum atomic E-state index is -4.48. The third-order valence-electron chi connectivity index (χ3n) is 2.60. The Bertz CT molecular complexity index is 632. The van der Waals surface area contributed by atoms with Crippen LogP contribution in [0.3, 0.4) is 0 Å². The van der Waals surface area contributed by atoms with Crippen molar-refractivity contribution in [1.82, 2.24) is 9.97 Å². The van der Waals surface area contributed by atoms with E-state index in [-0.39, 0.29) is 11.6 Å². The van der Waals surface area contributed by atoms with Gasteiger partial charge in [0.05, 0.1) is 5.56 Å². The summed E-state index contributed by atoms with van der Waals surface area (Å²) in [4.78, 5) is 8.25. The molecule has 0 spiro atoms. The average molecular weight is 361 g/mol. The lowest BCUT2D eigenvalue weighted by atomic mass is 10.2. The molecule has 0 saturated carbocycles. The van der Waals surface area contributed by atoms with Gasteiger partial charge in [-0.25, -0.2) is 4.98 Å². The smallest absolute Gasteiger partial charge is 0.419 e. The Morgan fingerprint density at radius 2 is 1.90 bits per heavy atom. The molecule has 0 aliphatic heterocycles. The number of hydrogen-bond acceptors (Lipinski definition) is 3. The zero-order chi connectivity index (χ0) is 15.5. The standard InChI is InChI=1S/C14H12BrF3N2O/c1-2-5-12-19-11(15)8-13(20-12)21-10-7-4-3-6-9(10)14(16,17)18/h3-4,6-8H,2,5H2,1H3. The first-order chi connectivity index (χ1) is 9.90. The Hall–Kier alpha value is -1.63. The molecule has 0 amide bonds. The van der Waals surface area contributed by atoms with Crippen molar-refractivity contribution in [3.8, 4) is 11.6 Å². The van der Waals surface area contributed by atoms with E-state index < -0.39 is 11.7 Å². The molecule has 7 heteroatoms. The molecule has 0 saturated heterocycles. The number of nitrogens with zero attached hydrogens (tertiary/aromatic N) is 2. The van der Waals surface area contributed by atoms with Crippen LogP contribution in [-0.4, -0.2) is 9.97 Å². The zero-order valence-corrected chi connectivity index (χ0v) is 12.7. The molecule has 0 unspecified atom stereocenters. The number of alkyl halides is 3. The summed E-state index contributed by atoms with van der Waals surface area (Å²) in [5.41, 5.74) is -0.836. The SMILES string of the molecule is CCCc1nc(Br)cc(Oc2ccccc2C(F)(F)F)n1. The number of ether oxygens (including phenoxy) is 1. The van der Waals surface area contributed by atoms with E-state index in [0.717, 1.165) is 12.5 Å². The molecule has 0 atom stereocenters. The van der Waals surface area contributed by atoms with Gasteiger partial charge in [0, 0.05) is 12.5 Å². The minimum Gasteiger partial charge on any atom is -0.438 e. The van der Waals surface area contributed by atoms with Gasteiger partial charge in [-0.15, -0.1) is 0 Å². The molecular weight excluding hydrogens is 349 g/mol. The van der Waals surface area contributed by atoms with Gasteiger partial charge in [-0.2, -0.15) is 18.2 Å². The number of halogens is 4. The maximum Gasteiger partial charge on any atom is 0.419 e. The summed E-state index contributed by atoms with van der Waals surface area (Å²) in [6.45, 7) is 1.96. The van der Waals surface area contributed by atoms with Gasteiger partial charge in [0.25, 0.3) is 0 Å². The van der Waals surface area contributed by atoms with Crippen molar-refractivity contribution in [2.75, 3.05) is 0 Å². The molecule has 0 aliphatic rings. The summed E-state index contributed by atoms with van der Waals surface area (Å²) in [6.07, 6.45) is -3.03. The second-order valence-corrected chi connectivity index (χ2v) is 5.10. The molecule has 1 heterocycles. The van der Waals surface area contributed by atoms with E-state index >= 15 is 0 Å². The molecule has 0 radical (unpaired) electrons. The van der Waals surface area contributed by atoms with Gasteiger partial charge in [-0.3, -0.25) is 0 Å². The quantitative estimate of drug-likeness (QED) is 0.719. The molecule has 21 heavy (non-hydrogen) atoms. The van der Waals surface area contributed by atoms with E-state index in [1.165, 1.54) is 24.3 Å². The summed E-state index contributed by atoms with van der Waals surface area (Å²) >= 11 is 3.20. The fourth-order valence-electron chi connectivity index (χ4n) is 1.73. The van der Waals surface area contributed by atoms with Crippen molar-refractivity contribution in [2.45, 2.75) is 25.9 Å². The van der Waals surface area contributed by atoms with Crippen LogP contribution in [0.5, 0.6) is 11.6 Å². The lowest BCUT2D eigenvalue weighted by molar-refractivity contribution is -0.138. The Morgan fingerprint density at radius 1 is 1.19 bits per heavy atom. The van der Waals surface area contributed by atoms with Crippen LogP contribution in [0.4, 0.5) is 13.2 Å². The van der Waals surface area contributed by atoms with E-state index in [4.69, 9.17) is 4.74 Å². The Labute approximate surface area is 128 Å². The van der Waals surface area contributed by atoms with Crippen LogP contribution in [0.25, 0.3) is 0 Å². The van der Waals surface area contributed by atoms with E-state index in [0.29, 0.717) is 16.8 Å².